The molecule has 7 nitrogen and oxygen atoms in total. The monoisotopic (exact) mass is 452 g/mol. The molecule has 0 atom stereocenters. The summed E-state index contributed by atoms with van der Waals surface area (Å²) in [5.41, 5.74) is 2.93. The minimum absolute atomic E-state index is 0.0775. The highest BCUT2D eigenvalue weighted by molar-refractivity contribution is 7.13. The van der Waals surface area contributed by atoms with Gasteiger partial charge in [0.25, 0.3) is 5.91 Å². The van der Waals surface area contributed by atoms with Gasteiger partial charge in [-0.3, -0.25) is 4.79 Å². The second-order valence-electron chi connectivity index (χ2n) is 6.62. The largest absolute Gasteiger partial charge is 0.455 e. The lowest BCUT2D eigenvalue weighted by Gasteiger charge is -2.04. The molecule has 0 aliphatic heterocycles. The van der Waals surface area contributed by atoms with Crippen LogP contribution in [0.2, 0.25) is 5.15 Å². The number of rotatable bonds is 6. The van der Waals surface area contributed by atoms with Crippen LogP contribution >= 0.6 is 22.9 Å². The number of carbonyl (C=O) groups is 2. The number of aromatic nitrogens is 3. The topological polar surface area (TPSA) is 94.1 Å². The second kappa shape index (κ2) is 9.20. The molecule has 0 radical (unpaired) electrons. The van der Waals surface area contributed by atoms with Gasteiger partial charge in [0.2, 0.25) is 5.01 Å². The first-order chi connectivity index (χ1) is 15.0. The Labute approximate surface area is 187 Å². The van der Waals surface area contributed by atoms with Crippen molar-refractivity contribution >= 4 is 51.4 Å². The van der Waals surface area contributed by atoms with Crippen molar-refractivity contribution in [3.05, 3.63) is 80.9 Å². The molecule has 0 unspecified atom stereocenters. The van der Waals surface area contributed by atoms with E-state index in [1.807, 2.05) is 24.3 Å². The van der Waals surface area contributed by atoms with Gasteiger partial charge in [0.05, 0.1) is 11.1 Å². The third-order valence-electron chi connectivity index (χ3n) is 4.50. The zero-order chi connectivity index (χ0) is 21.8. The van der Waals surface area contributed by atoms with E-state index in [0.717, 1.165) is 23.1 Å². The van der Waals surface area contributed by atoms with Crippen molar-refractivity contribution in [2.75, 3.05) is 5.32 Å². The van der Waals surface area contributed by atoms with Gasteiger partial charge in [-0.15, -0.1) is 10.2 Å². The molecule has 4 aromatic rings. The number of benzene rings is 2. The van der Waals surface area contributed by atoms with E-state index in [0.29, 0.717) is 26.9 Å². The summed E-state index contributed by atoms with van der Waals surface area (Å²) in [5.74, 6) is -0.867. The molecule has 0 fully saturated rings. The number of fused-ring (bicyclic) bond motifs is 1. The number of aryl methyl sites for hydroxylation is 1. The van der Waals surface area contributed by atoms with Crippen molar-refractivity contribution in [1.29, 1.82) is 0 Å². The number of esters is 1. The molecular weight excluding hydrogens is 436 g/mol. The van der Waals surface area contributed by atoms with Gasteiger partial charge < -0.3 is 10.1 Å². The van der Waals surface area contributed by atoms with E-state index in [2.05, 4.69) is 27.4 Å². The summed E-state index contributed by atoms with van der Waals surface area (Å²) in [7, 11) is 0. The molecule has 31 heavy (non-hydrogen) atoms. The fourth-order valence-corrected chi connectivity index (χ4v) is 3.65. The van der Waals surface area contributed by atoms with Crippen molar-refractivity contribution in [3.63, 3.8) is 0 Å². The van der Waals surface area contributed by atoms with Gasteiger partial charge in [0.15, 0.2) is 5.01 Å². The maximum absolute atomic E-state index is 12.4. The molecule has 2 aromatic carbocycles. The molecule has 2 aromatic heterocycles. The number of halogens is 1. The summed E-state index contributed by atoms with van der Waals surface area (Å²) in [5, 5.41) is 12.4. The first kappa shape index (κ1) is 20.9. The first-order valence-electron chi connectivity index (χ1n) is 9.48. The summed E-state index contributed by atoms with van der Waals surface area (Å²) in [4.78, 5) is 28.9. The zero-order valence-corrected chi connectivity index (χ0v) is 18.0. The number of nitrogens with one attached hydrogen (secondary N) is 1. The first-order valence-corrected chi connectivity index (χ1v) is 10.7. The lowest BCUT2D eigenvalue weighted by Crippen LogP contribution is -2.11. The highest BCUT2D eigenvalue weighted by Crippen LogP contribution is 2.19. The minimum atomic E-state index is -0.505. The quantitative estimate of drug-likeness (QED) is 0.330. The highest BCUT2D eigenvalue weighted by atomic mass is 35.5. The fraction of sp³-hybridized carbons (Fsp3) is 0.136. The Morgan fingerprint density at radius 3 is 2.65 bits per heavy atom. The van der Waals surface area contributed by atoms with Crippen molar-refractivity contribution in [3.8, 4) is 0 Å². The number of amides is 1. The third-order valence-corrected chi connectivity index (χ3v) is 5.60. The van der Waals surface area contributed by atoms with E-state index in [1.54, 1.807) is 30.3 Å². The van der Waals surface area contributed by atoms with Crippen LogP contribution in [0.1, 0.15) is 37.7 Å². The van der Waals surface area contributed by atoms with Gasteiger partial charge in [-0.1, -0.05) is 42.0 Å². The predicted octanol–water partition coefficient (Wildman–Crippen LogP) is 4.91. The van der Waals surface area contributed by atoms with Crippen molar-refractivity contribution < 1.29 is 14.3 Å². The SMILES string of the molecule is CCc1ccc(NC(=O)c2nnc(COC(=O)c3ccc4nc(Cl)ccc4c3)s2)cc1. The van der Waals surface area contributed by atoms with Crippen LogP contribution in [0.25, 0.3) is 10.9 Å². The van der Waals surface area contributed by atoms with Crippen LogP contribution in [0.5, 0.6) is 0 Å². The summed E-state index contributed by atoms with van der Waals surface area (Å²) in [6.45, 7) is 1.99. The van der Waals surface area contributed by atoms with Crippen LogP contribution in [0, 0.1) is 0 Å². The van der Waals surface area contributed by atoms with Gasteiger partial charge in [-0.2, -0.15) is 0 Å². The van der Waals surface area contributed by atoms with Crippen LogP contribution in [0.4, 0.5) is 5.69 Å². The Bertz CT molecular complexity index is 1260. The average molecular weight is 453 g/mol. The van der Waals surface area contributed by atoms with Gasteiger partial charge in [-0.05, 0) is 54.4 Å². The molecule has 0 spiro atoms. The second-order valence-corrected chi connectivity index (χ2v) is 8.07. The van der Waals surface area contributed by atoms with E-state index in [-0.39, 0.29) is 17.5 Å². The fourth-order valence-electron chi connectivity index (χ4n) is 2.85. The van der Waals surface area contributed by atoms with Gasteiger partial charge >= 0.3 is 5.97 Å². The lowest BCUT2D eigenvalue weighted by atomic mass is 10.1. The predicted molar refractivity (Wildman–Crippen MR) is 120 cm³/mol. The van der Waals surface area contributed by atoms with Crippen LogP contribution in [-0.2, 0) is 17.8 Å². The van der Waals surface area contributed by atoms with E-state index < -0.39 is 5.97 Å². The molecule has 9 heteroatoms. The van der Waals surface area contributed by atoms with Crippen LogP contribution in [0.3, 0.4) is 0 Å². The van der Waals surface area contributed by atoms with Crippen LogP contribution in [0.15, 0.2) is 54.6 Å². The molecule has 1 amide bonds. The van der Waals surface area contributed by atoms with E-state index in [9.17, 15) is 9.59 Å². The molecular formula is C22H17ClN4O3S. The van der Waals surface area contributed by atoms with E-state index in [4.69, 9.17) is 16.3 Å². The number of carbonyl (C=O) groups excluding carboxylic acids is 2. The van der Waals surface area contributed by atoms with Crippen LogP contribution < -0.4 is 5.32 Å². The molecule has 156 valence electrons. The number of hydrogen-bond donors (Lipinski definition) is 1. The van der Waals surface area contributed by atoms with Crippen molar-refractivity contribution in [2.45, 2.75) is 20.0 Å². The molecule has 0 bridgehead atoms. The Morgan fingerprint density at radius 1 is 1.06 bits per heavy atom. The Kier molecular flexibility index (Phi) is 6.20. The number of anilines is 1. The van der Waals surface area contributed by atoms with Gasteiger partial charge in [0.1, 0.15) is 11.8 Å². The average Bonchev–Trinajstić information content (AvgIpc) is 3.27. The summed E-state index contributed by atoms with van der Waals surface area (Å²) in [6.07, 6.45) is 0.928. The van der Waals surface area contributed by atoms with Crippen LogP contribution in [-0.4, -0.2) is 27.1 Å². The minimum Gasteiger partial charge on any atom is -0.455 e. The summed E-state index contributed by atoms with van der Waals surface area (Å²) in [6, 6.07) is 16.0. The normalized spacial score (nSPS) is 10.8. The van der Waals surface area contributed by atoms with E-state index >= 15 is 0 Å². The smallest absolute Gasteiger partial charge is 0.338 e. The molecule has 0 aliphatic carbocycles. The van der Waals surface area contributed by atoms with Gasteiger partial charge in [-0.25, -0.2) is 9.78 Å². The number of pyridine rings is 1. The lowest BCUT2D eigenvalue weighted by molar-refractivity contribution is 0.0472. The van der Waals surface area contributed by atoms with Gasteiger partial charge in [0, 0.05) is 11.1 Å². The summed E-state index contributed by atoms with van der Waals surface area (Å²) < 4.78 is 5.31. The maximum atomic E-state index is 12.4. The Morgan fingerprint density at radius 2 is 1.87 bits per heavy atom. The Hall–Kier alpha value is -3.36. The van der Waals surface area contributed by atoms with Crippen molar-refractivity contribution in [1.82, 2.24) is 15.2 Å². The summed E-state index contributed by atoms with van der Waals surface area (Å²) >= 11 is 6.95. The molecule has 0 aliphatic rings. The highest BCUT2D eigenvalue weighted by Gasteiger charge is 2.15. The number of nitrogens with zero attached hydrogens (tertiary/aromatic N) is 3. The molecule has 2 heterocycles. The molecule has 0 saturated carbocycles. The molecule has 4 rings (SSSR count). The standard InChI is InChI=1S/C22H17ClN4O3S/c1-2-13-3-7-16(8-4-13)24-20(28)21-27-26-19(31-21)12-30-22(29)15-5-9-17-14(11-15)6-10-18(23)25-17/h3-11H,2,12H2,1H3,(H,24,28). The third kappa shape index (κ3) is 5.04. The maximum Gasteiger partial charge on any atom is 0.338 e. The number of hydrogen-bond acceptors (Lipinski definition) is 7. The molecule has 1 N–H and O–H groups in total. The Balaban J connectivity index is 1.36. The molecule has 0 saturated heterocycles. The van der Waals surface area contributed by atoms with Crippen molar-refractivity contribution in [2.24, 2.45) is 0 Å². The zero-order valence-electron chi connectivity index (χ0n) is 16.5. The number of ether oxygens (including phenoxy) is 1. The van der Waals surface area contributed by atoms with E-state index in [1.165, 1.54) is 5.56 Å².